The van der Waals surface area contributed by atoms with Crippen molar-refractivity contribution in [3.63, 3.8) is 0 Å². The molecule has 0 aliphatic carbocycles. The van der Waals surface area contributed by atoms with Crippen LogP contribution in [0.15, 0.2) is 48.2 Å². The van der Waals surface area contributed by atoms with E-state index in [0.717, 1.165) is 19.4 Å². The number of unbranched alkanes of at least 4 members (excludes halogenated alkanes) is 1. The molecule has 116 valence electrons. The zero-order valence-electron chi connectivity index (χ0n) is 13.9. The summed E-state index contributed by atoms with van der Waals surface area (Å²) >= 11 is 0. The summed E-state index contributed by atoms with van der Waals surface area (Å²) in [5.41, 5.74) is 2.46. The molecule has 0 spiro atoms. The lowest BCUT2D eigenvalue weighted by Crippen LogP contribution is -2.32. The first kappa shape index (κ1) is 17.5. The van der Waals surface area contributed by atoms with Crippen LogP contribution in [-0.2, 0) is 4.74 Å². The van der Waals surface area contributed by atoms with Crippen molar-refractivity contribution in [2.24, 2.45) is 0 Å². The van der Waals surface area contributed by atoms with E-state index in [0.29, 0.717) is 12.8 Å². The maximum Gasteiger partial charge on any atom is 0.119 e. The second-order valence-electron chi connectivity index (χ2n) is 5.35. The standard InChI is InChI=1S/C19H29NO/c1-5-7-13-19(20(17(3)4)16-21-6-2)15-14-18-11-9-8-10-12-18/h8-15,17H,5-7,16H2,1-4H3/b15-14+,19-13+. The summed E-state index contributed by atoms with van der Waals surface area (Å²) in [6.07, 6.45) is 8.92. The van der Waals surface area contributed by atoms with Crippen LogP contribution in [0.25, 0.3) is 6.08 Å². The fourth-order valence-electron chi connectivity index (χ4n) is 2.03. The normalized spacial score (nSPS) is 12.3. The summed E-state index contributed by atoms with van der Waals surface area (Å²) in [5.74, 6) is 0. The second-order valence-corrected chi connectivity index (χ2v) is 5.35. The molecule has 0 unspecified atom stereocenters. The molecule has 0 saturated carbocycles. The van der Waals surface area contributed by atoms with Crippen molar-refractivity contribution in [1.82, 2.24) is 4.90 Å². The lowest BCUT2D eigenvalue weighted by Gasteiger charge is -2.29. The molecule has 0 saturated heterocycles. The fraction of sp³-hybridized carbons (Fsp3) is 0.474. The number of benzene rings is 1. The molecule has 21 heavy (non-hydrogen) atoms. The quantitative estimate of drug-likeness (QED) is 0.463. The summed E-state index contributed by atoms with van der Waals surface area (Å²) in [6, 6.07) is 10.8. The van der Waals surface area contributed by atoms with Crippen molar-refractivity contribution in [2.75, 3.05) is 13.3 Å². The first-order valence-electron chi connectivity index (χ1n) is 7.96. The first-order valence-corrected chi connectivity index (χ1v) is 7.96. The molecule has 0 aliphatic rings. The highest BCUT2D eigenvalue weighted by molar-refractivity contribution is 5.52. The third-order valence-corrected chi connectivity index (χ3v) is 3.28. The third kappa shape index (κ3) is 6.63. The summed E-state index contributed by atoms with van der Waals surface area (Å²) < 4.78 is 5.62. The van der Waals surface area contributed by atoms with Crippen LogP contribution in [0, 0.1) is 0 Å². The Morgan fingerprint density at radius 1 is 1.19 bits per heavy atom. The third-order valence-electron chi connectivity index (χ3n) is 3.28. The maximum atomic E-state index is 5.62. The zero-order valence-corrected chi connectivity index (χ0v) is 13.9. The van der Waals surface area contributed by atoms with Crippen LogP contribution in [0.1, 0.15) is 46.1 Å². The topological polar surface area (TPSA) is 12.5 Å². The Kier molecular flexibility index (Phi) is 8.53. The van der Waals surface area contributed by atoms with Gasteiger partial charge >= 0.3 is 0 Å². The lowest BCUT2D eigenvalue weighted by molar-refractivity contribution is 0.0422. The van der Waals surface area contributed by atoms with Crippen LogP contribution < -0.4 is 0 Å². The van der Waals surface area contributed by atoms with Gasteiger partial charge in [0.05, 0.1) is 0 Å². The number of ether oxygens (including phenoxy) is 1. The number of hydrogen-bond acceptors (Lipinski definition) is 2. The van der Waals surface area contributed by atoms with Crippen LogP contribution in [0.5, 0.6) is 0 Å². The van der Waals surface area contributed by atoms with Gasteiger partial charge in [0.25, 0.3) is 0 Å². The average Bonchev–Trinajstić information content (AvgIpc) is 2.50. The Bertz CT molecular complexity index is 434. The molecule has 0 aliphatic heterocycles. The summed E-state index contributed by atoms with van der Waals surface area (Å²) in [7, 11) is 0. The molecule has 0 heterocycles. The van der Waals surface area contributed by atoms with Crippen LogP contribution in [0.2, 0.25) is 0 Å². The van der Waals surface area contributed by atoms with E-state index in [4.69, 9.17) is 4.74 Å². The molecule has 0 N–H and O–H groups in total. The maximum absolute atomic E-state index is 5.62. The van der Waals surface area contributed by atoms with Crippen molar-refractivity contribution in [3.8, 4) is 0 Å². The monoisotopic (exact) mass is 287 g/mol. The highest BCUT2D eigenvalue weighted by Gasteiger charge is 2.10. The summed E-state index contributed by atoms with van der Waals surface area (Å²) in [5, 5.41) is 0. The van der Waals surface area contributed by atoms with E-state index >= 15 is 0 Å². The SMILES string of the molecule is CCC/C=C(\C=C\c1ccccc1)N(COCC)C(C)C. The molecule has 1 aromatic carbocycles. The minimum atomic E-state index is 0.417. The highest BCUT2D eigenvalue weighted by Crippen LogP contribution is 2.15. The van der Waals surface area contributed by atoms with Gasteiger partial charge in [0.1, 0.15) is 6.73 Å². The number of allylic oxidation sites excluding steroid dienone is 2. The van der Waals surface area contributed by atoms with E-state index in [1.165, 1.54) is 11.3 Å². The van der Waals surface area contributed by atoms with Crippen molar-refractivity contribution >= 4 is 6.08 Å². The molecule has 0 bridgehead atoms. The van der Waals surface area contributed by atoms with Gasteiger partial charge in [0.15, 0.2) is 0 Å². The van der Waals surface area contributed by atoms with Gasteiger partial charge in [-0.25, -0.2) is 0 Å². The molecule has 0 amide bonds. The Morgan fingerprint density at radius 2 is 1.90 bits per heavy atom. The molecule has 0 radical (unpaired) electrons. The van der Waals surface area contributed by atoms with Gasteiger partial charge in [0, 0.05) is 18.3 Å². The second kappa shape index (κ2) is 10.2. The Balaban J connectivity index is 2.90. The fourth-order valence-corrected chi connectivity index (χ4v) is 2.03. The van der Waals surface area contributed by atoms with Crippen LogP contribution in [0.4, 0.5) is 0 Å². The molecule has 2 nitrogen and oxygen atoms in total. The Hall–Kier alpha value is -1.54. The van der Waals surface area contributed by atoms with Gasteiger partial charge in [-0.1, -0.05) is 55.8 Å². The number of rotatable bonds is 9. The minimum absolute atomic E-state index is 0.417. The molecule has 1 rings (SSSR count). The summed E-state index contributed by atoms with van der Waals surface area (Å²) in [6.45, 7) is 10.0. The molecule has 0 fully saturated rings. The van der Waals surface area contributed by atoms with Gasteiger partial charge in [-0.2, -0.15) is 0 Å². The van der Waals surface area contributed by atoms with Crippen LogP contribution >= 0.6 is 0 Å². The Morgan fingerprint density at radius 3 is 2.48 bits per heavy atom. The zero-order chi connectivity index (χ0) is 15.5. The number of nitrogens with zero attached hydrogens (tertiary/aromatic N) is 1. The Labute approximate surface area is 130 Å². The van der Waals surface area contributed by atoms with Gasteiger partial charge in [0.2, 0.25) is 0 Å². The van der Waals surface area contributed by atoms with Crippen LogP contribution in [-0.4, -0.2) is 24.3 Å². The lowest BCUT2D eigenvalue weighted by atomic mass is 10.1. The predicted molar refractivity (Wildman–Crippen MR) is 91.9 cm³/mol. The predicted octanol–water partition coefficient (Wildman–Crippen LogP) is 5.09. The van der Waals surface area contributed by atoms with Gasteiger partial charge in [-0.15, -0.1) is 0 Å². The van der Waals surface area contributed by atoms with Crippen LogP contribution in [0.3, 0.4) is 0 Å². The van der Waals surface area contributed by atoms with Gasteiger partial charge in [-0.3, -0.25) is 0 Å². The van der Waals surface area contributed by atoms with E-state index in [1.807, 2.05) is 13.0 Å². The minimum Gasteiger partial charge on any atom is -0.361 e. The highest BCUT2D eigenvalue weighted by atomic mass is 16.5. The largest absolute Gasteiger partial charge is 0.361 e. The molecular weight excluding hydrogens is 258 g/mol. The number of hydrogen-bond donors (Lipinski definition) is 0. The van der Waals surface area contributed by atoms with Crippen molar-refractivity contribution in [1.29, 1.82) is 0 Å². The molecule has 0 atom stereocenters. The van der Waals surface area contributed by atoms with E-state index in [-0.39, 0.29) is 0 Å². The first-order chi connectivity index (χ1) is 10.2. The molecular formula is C19H29NO. The van der Waals surface area contributed by atoms with E-state index < -0.39 is 0 Å². The van der Waals surface area contributed by atoms with E-state index in [9.17, 15) is 0 Å². The van der Waals surface area contributed by atoms with Gasteiger partial charge in [-0.05, 0) is 38.8 Å². The van der Waals surface area contributed by atoms with Crippen molar-refractivity contribution in [2.45, 2.75) is 46.6 Å². The van der Waals surface area contributed by atoms with Crippen molar-refractivity contribution < 1.29 is 4.74 Å². The smallest absolute Gasteiger partial charge is 0.119 e. The molecule has 1 aromatic rings. The van der Waals surface area contributed by atoms with E-state index in [1.54, 1.807) is 0 Å². The summed E-state index contributed by atoms with van der Waals surface area (Å²) in [4.78, 5) is 2.30. The van der Waals surface area contributed by atoms with Gasteiger partial charge < -0.3 is 9.64 Å². The van der Waals surface area contributed by atoms with Crippen molar-refractivity contribution in [3.05, 3.63) is 53.7 Å². The molecule has 2 heteroatoms. The van der Waals surface area contributed by atoms with E-state index in [2.05, 4.69) is 68.2 Å². The molecule has 0 aromatic heterocycles. The average molecular weight is 287 g/mol.